The first kappa shape index (κ1) is 13.4. The second-order valence-electron chi connectivity index (χ2n) is 4.90. The number of hydrogen-bond acceptors (Lipinski definition) is 2. The molecule has 106 valence electrons. The zero-order valence-electron chi connectivity index (χ0n) is 11.7. The van der Waals surface area contributed by atoms with Gasteiger partial charge in [0.25, 0.3) is 0 Å². The third kappa shape index (κ3) is 2.18. The monoisotopic (exact) mass is 283 g/mol. The van der Waals surface area contributed by atoms with Gasteiger partial charge >= 0.3 is 0 Å². The molecule has 4 heteroatoms. The van der Waals surface area contributed by atoms with Crippen molar-refractivity contribution < 1.29 is 13.9 Å². The van der Waals surface area contributed by atoms with Gasteiger partial charge in [-0.15, -0.1) is 0 Å². The van der Waals surface area contributed by atoms with Crippen molar-refractivity contribution in [2.45, 2.75) is 6.92 Å². The second-order valence-corrected chi connectivity index (χ2v) is 4.90. The van der Waals surface area contributed by atoms with Crippen molar-refractivity contribution in [3.8, 4) is 5.75 Å². The molecule has 0 aliphatic heterocycles. The number of methoxy groups -OCH3 is 1. The molecule has 1 aromatic heterocycles. The summed E-state index contributed by atoms with van der Waals surface area (Å²) in [6.07, 6.45) is 1.61. The number of nitrogens with one attached hydrogen (secondary N) is 1. The number of aromatic amines is 1. The van der Waals surface area contributed by atoms with Gasteiger partial charge in [0.05, 0.1) is 7.11 Å². The highest BCUT2D eigenvalue weighted by atomic mass is 19.1. The molecule has 0 aliphatic carbocycles. The Morgan fingerprint density at radius 1 is 1.24 bits per heavy atom. The van der Waals surface area contributed by atoms with Gasteiger partial charge in [-0.25, -0.2) is 4.39 Å². The number of aromatic nitrogens is 1. The molecule has 3 nitrogen and oxygen atoms in total. The first-order valence-electron chi connectivity index (χ1n) is 6.56. The van der Waals surface area contributed by atoms with Crippen LogP contribution in [0.5, 0.6) is 5.75 Å². The van der Waals surface area contributed by atoms with Gasteiger partial charge < -0.3 is 9.72 Å². The van der Waals surface area contributed by atoms with Crippen LogP contribution in [0.25, 0.3) is 10.9 Å². The number of halogens is 1. The average Bonchev–Trinajstić information content (AvgIpc) is 2.89. The van der Waals surface area contributed by atoms with Crippen molar-refractivity contribution in [2.24, 2.45) is 0 Å². The number of benzene rings is 2. The van der Waals surface area contributed by atoms with Crippen LogP contribution in [0.4, 0.5) is 4.39 Å². The quantitative estimate of drug-likeness (QED) is 0.742. The van der Waals surface area contributed by atoms with Gasteiger partial charge in [-0.2, -0.15) is 0 Å². The van der Waals surface area contributed by atoms with Crippen molar-refractivity contribution >= 4 is 16.7 Å². The summed E-state index contributed by atoms with van der Waals surface area (Å²) in [7, 11) is 1.42. The Morgan fingerprint density at radius 2 is 2.05 bits per heavy atom. The summed E-state index contributed by atoms with van der Waals surface area (Å²) in [6, 6.07) is 10.1. The van der Waals surface area contributed by atoms with Gasteiger partial charge in [0.2, 0.25) is 5.78 Å². The highest BCUT2D eigenvalue weighted by Gasteiger charge is 2.21. The summed E-state index contributed by atoms with van der Waals surface area (Å²) in [5.74, 6) is -0.734. The fourth-order valence-corrected chi connectivity index (χ4v) is 2.46. The molecular formula is C17H14FNO2. The molecule has 0 aliphatic rings. The molecule has 0 spiro atoms. The molecule has 3 rings (SSSR count). The number of ketones is 1. The molecule has 21 heavy (non-hydrogen) atoms. The number of carbonyl (C=O) groups is 1. The molecule has 0 unspecified atom stereocenters. The van der Waals surface area contributed by atoms with Crippen LogP contribution in [-0.2, 0) is 0 Å². The van der Waals surface area contributed by atoms with E-state index in [0.717, 1.165) is 16.5 Å². The average molecular weight is 283 g/mol. The SMILES string of the molecule is COc1cccc(F)c1C(=O)c1c[nH]c2cc(C)ccc12. The number of aryl methyl sites for hydroxylation is 1. The summed E-state index contributed by atoms with van der Waals surface area (Å²) < 4.78 is 19.1. The number of hydrogen-bond donors (Lipinski definition) is 1. The second kappa shape index (κ2) is 5.05. The Hall–Kier alpha value is -2.62. The molecule has 0 amide bonds. The smallest absolute Gasteiger partial charge is 0.201 e. The fraction of sp³-hybridized carbons (Fsp3) is 0.118. The number of carbonyl (C=O) groups excluding carboxylic acids is 1. The van der Waals surface area contributed by atoms with Crippen molar-refractivity contribution in [3.05, 3.63) is 65.1 Å². The topological polar surface area (TPSA) is 42.1 Å². The largest absolute Gasteiger partial charge is 0.496 e. The maximum absolute atomic E-state index is 14.0. The van der Waals surface area contributed by atoms with Gasteiger partial charge in [-0.3, -0.25) is 4.79 Å². The van der Waals surface area contributed by atoms with Crippen molar-refractivity contribution in [2.75, 3.05) is 7.11 Å². The van der Waals surface area contributed by atoms with Crippen LogP contribution in [-0.4, -0.2) is 17.9 Å². The van der Waals surface area contributed by atoms with Crippen molar-refractivity contribution in [3.63, 3.8) is 0 Å². The van der Waals surface area contributed by atoms with Gasteiger partial charge in [-0.1, -0.05) is 18.2 Å². The Kier molecular flexibility index (Phi) is 3.22. The molecular weight excluding hydrogens is 269 g/mol. The van der Waals surface area contributed by atoms with E-state index in [2.05, 4.69) is 4.98 Å². The Morgan fingerprint density at radius 3 is 2.81 bits per heavy atom. The molecule has 0 radical (unpaired) electrons. The van der Waals surface area contributed by atoms with Crippen molar-refractivity contribution in [1.29, 1.82) is 0 Å². The standard InChI is InChI=1S/C17H14FNO2/c1-10-6-7-11-12(9-19-14(11)8-10)17(20)16-13(18)4-3-5-15(16)21-2/h3-9,19H,1-2H3. The Balaban J connectivity index is 2.18. The lowest BCUT2D eigenvalue weighted by Gasteiger charge is -2.08. The summed E-state index contributed by atoms with van der Waals surface area (Å²) in [6.45, 7) is 1.97. The maximum atomic E-state index is 14.0. The molecule has 2 aromatic carbocycles. The molecule has 1 N–H and O–H groups in total. The van der Waals surface area contributed by atoms with E-state index in [0.29, 0.717) is 5.56 Å². The maximum Gasteiger partial charge on any atom is 0.201 e. The van der Waals surface area contributed by atoms with Crippen molar-refractivity contribution in [1.82, 2.24) is 4.98 Å². The van der Waals surface area contributed by atoms with Gasteiger partial charge in [0.15, 0.2) is 0 Å². The summed E-state index contributed by atoms with van der Waals surface area (Å²) in [5.41, 5.74) is 2.34. The van der Waals surface area contributed by atoms with Gasteiger partial charge in [-0.05, 0) is 30.7 Å². The van der Waals surface area contributed by atoms with Crippen LogP contribution in [0.3, 0.4) is 0 Å². The minimum absolute atomic E-state index is 0.0403. The fourth-order valence-electron chi connectivity index (χ4n) is 2.46. The number of ether oxygens (including phenoxy) is 1. The molecule has 0 saturated heterocycles. The zero-order chi connectivity index (χ0) is 15.0. The van der Waals surface area contributed by atoms with E-state index in [4.69, 9.17) is 4.74 Å². The van der Waals surface area contributed by atoms with Crippen LogP contribution in [0.15, 0.2) is 42.6 Å². The highest BCUT2D eigenvalue weighted by Crippen LogP contribution is 2.28. The van der Waals surface area contributed by atoms with Crippen LogP contribution in [0.1, 0.15) is 21.5 Å². The molecule has 1 heterocycles. The summed E-state index contributed by atoms with van der Waals surface area (Å²) in [4.78, 5) is 15.7. The van der Waals surface area contributed by atoms with E-state index in [1.807, 2.05) is 25.1 Å². The molecule has 0 fully saturated rings. The molecule has 0 bridgehead atoms. The van der Waals surface area contributed by atoms with Crippen LogP contribution < -0.4 is 4.74 Å². The number of H-pyrrole nitrogens is 1. The van der Waals surface area contributed by atoms with E-state index in [9.17, 15) is 9.18 Å². The van der Waals surface area contributed by atoms with Crippen LogP contribution >= 0.6 is 0 Å². The third-order valence-electron chi connectivity index (χ3n) is 3.50. The number of fused-ring (bicyclic) bond motifs is 1. The molecule has 0 atom stereocenters. The first-order valence-corrected chi connectivity index (χ1v) is 6.56. The first-order chi connectivity index (χ1) is 10.1. The Bertz CT molecular complexity index is 836. The van der Waals surface area contributed by atoms with E-state index in [1.54, 1.807) is 12.3 Å². The van der Waals surface area contributed by atoms with Crippen LogP contribution in [0.2, 0.25) is 0 Å². The summed E-state index contributed by atoms with van der Waals surface area (Å²) >= 11 is 0. The zero-order valence-corrected chi connectivity index (χ0v) is 11.7. The molecule has 3 aromatic rings. The molecule has 0 saturated carbocycles. The minimum Gasteiger partial charge on any atom is -0.496 e. The van der Waals surface area contributed by atoms with E-state index in [1.165, 1.54) is 19.2 Å². The van der Waals surface area contributed by atoms with Crippen LogP contribution in [0, 0.1) is 12.7 Å². The normalized spacial score (nSPS) is 10.8. The van der Waals surface area contributed by atoms with E-state index >= 15 is 0 Å². The van der Waals surface area contributed by atoms with E-state index < -0.39 is 5.82 Å². The predicted molar refractivity (Wildman–Crippen MR) is 79.4 cm³/mol. The Labute approximate surface area is 121 Å². The lowest BCUT2D eigenvalue weighted by Crippen LogP contribution is -2.06. The highest BCUT2D eigenvalue weighted by molar-refractivity contribution is 6.17. The number of rotatable bonds is 3. The predicted octanol–water partition coefficient (Wildman–Crippen LogP) is 3.86. The minimum atomic E-state index is -0.583. The van der Waals surface area contributed by atoms with Gasteiger partial charge in [0.1, 0.15) is 17.1 Å². The lowest BCUT2D eigenvalue weighted by molar-refractivity contribution is 0.103. The summed E-state index contributed by atoms with van der Waals surface area (Å²) in [5, 5.41) is 0.774. The third-order valence-corrected chi connectivity index (χ3v) is 3.50. The lowest BCUT2D eigenvalue weighted by atomic mass is 10.0. The van der Waals surface area contributed by atoms with E-state index in [-0.39, 0.29) is 17.1 Å². The van der Waals surface area contributed by atoms with Gasteiger partial charge in [0, 0.05) is 22.7 Å².